The van der Waals surface area contributed by atoms with Gasteiger partial charge in [0.15, 0.2) is 0 Å². The summed E-state index contributed by atoms with van der Waals surface area (Å²) in [6.07, 6.45) is 0. The second kappa shape index (κ2) is 11.6. The molecule has 0 amide bonds. The fraction of sp³-hybridized carbons (Fsp3) is 0.0250. The number of rotatable bonds is 7. The Balaban J connectivity index is 1.57. The predicted octanol–water partition coefficient (Wildman–Crippen LogP) is 10.3. The van der Waals surface area contributed by atoms with Crippen molar-refractivity contribution in [3.63, 3.8) is 0 Å². The summed E-state index contributed by atoms with van der Waals surface area (Å²) in [7, 11) is 0. The highest BCUT2D eigenvalue weighted by molar-refractivity contribution is 5.94. The first kappa shape index (κ1) is 25.5. The maximum Gasteiger partial charge on any atom is 0.141 e. The largest absolute Gasteiger partial charge is 0.319 e. The Morgan fingerprint density at radius 1 is 0.381 bits per heavy atom. The van der Waals surface area contributed by atoms with Gasteiger partial charge in [-0.05, 0) is 27.8 Å². The van der Waals surface area contributed by atoms with Crippen molar-refractivity contribution in [1.82, 2.24) is 9.55 Å². The summed E-state index contributed by atoms with van der Waals surface area (Å²) in [5.74, 6) is 0.954. The zero-order valence-electron chi connectivity index (χ0n) is 23.3. The minimum absolute atomic E-state index is 0.698. The topological polar surface area (TPSA) is 17.8 Å². The normalized spacial score (nSPS) is 11.0. The smallest absolute Gasteiger partial charge is 0.141 e. The summed E-state index contributed by atoms with van der Waals surface area (Å²) < 4.78 is 2.41. The van der Waals surface area contributed by atoms with E-state index in [0.29, 0.717) is 6.54 Å². The Morgan fingerprint density at radius 2 is 0.786 bits per heavy atom. The van der Waals surface area contributed by atoms with Crippen LogP contribution in [-0.2, 0) is 6.54 Å². The molecule has 0 spiro atoms. The van der Waals surface area contributed by atoms with Crippen LogP contribution >= 0.6 is 0 Å². The van der Waals surface area contributed by atoms with Crippen LogP contribution in [0.1, 0.15) is 5.56 Å². The third-order valence-corrected chi connectivity index (χ3v) is 7.72. The molecule has 1 heterocycles. The SMILES string of the molecule is c1ccc(Cn2c(-c3ccccc3)nc(-c3ccccc3-c3ccccc3)c2-c2ccccc2-c2ccccc2)cc1. The maximum absolute atomic E-state index is 5.51. The van der Waals surface area contributed by atoms with Crippen LogP contribution in [-0.4, -0.2) is 9.55 Å². The fourth-order valence-electron chi connectivity index (χ4n) is 5.76. The maximum atomic E-state index is 5.51. The molecule has 0 aliphatic rings. The lowest BCUT2D eigenvalue weighted by atomic mass is 9.92. The van der Waals surface area contributed by atoms with Gasteiger partial charge in [0.1, 0.15) is 5.82 Å². The zero-order valence-corrected chi connectivity index (χ0v) is 23.3. The molecular weight excluding hydrogens is 508 g/mol. The van der Waals surface area contributed by atoms with Gasteiger partial charge < -0.3 is 4.57 Å². The number of benzene rings is 6. The van der Waals surface area contributed by atoms with Crippen LogP contribution in [0.5, 0.6) is 0 Å². The van der Waals surface area contributed by atoms with E-state index in [1.165, 1.54) is 27.8 Å². The van der Waals surface area contributed by atoms with Gasteiger partial charge in [0, 0.05) is 23.2 Å². The highest BCUT2D eigenvalue weighted by Crippen LogP contribution is 2.43. The van der Waals surface area contributed by atoms with Crippen LogP contribution in [0.4, 0.5) is 0 Å². The molecule has 7 rings (SSSR count). The van der Waals surface area contributed by atoms with Gasteiger partial charge in [0.05, 0.1) is 11.4 Å². The first-order chi connectivity index (χ1) is 20.9. The molecule has 0 aliphatic carbocycles. The van der Waals surface area contributed by atoms with E-state index >= 15 is 0 Å². The molecule has 0 aliphatic heterocycles. The van der Waals surface area contributed by atoms with Crippen molar-refractivity contribution in [1.29, 1.82) is 0 Å². The first-order valence-electron chi connectivity index (χ1n) is 14.4. The molecule has 0 saturated carbocycles. The van der Waals surface area contributed by atoms with Gasteiger partial charge in [0.2, 0.25) is 0 Å². The Morgan fingerprint density at radius 3 is 1.33 bits per heavy atom. The van der Waals surface area contributed by atoms with Crippen molar-refractivity contribution in [3.05, 3.63) is 175 Å². The van der Waals surface area contributed by atoms with E-state index in [1.807, 2.05) is 0 Å². The van der Waals surface area contributed by atoms with E-state index in [9.17, 15) is 0 Å². The van der Waals surface area contributed by atoms with E-state index in [0.717, 1.165) is 33.9 Å². The molecule has 2 nitrogen and oxygen atoms in total. The number of nitrogens with zero attached hydrogens (tertiary/aromatic N) is 2. The quantitative estimate of drug-likeness (QED) is 0.197. The Kier molecular flexibility index (Phi) is 7.02. The Labute approximate surface area is 247 Å². The highest BCUT2D eigenvalue weighted by Gasteiger charge is 2.25. The van der Waals surface area contributed by atoms with Crippen LogP contribution in [0.25, 0.3) is 56.2 Å². The second-order valence-corrected chi connectivity index (χ2v) is 10.4. The molecule has 0 fully saturated rings. The van der Waals surface area contributed by atoms with E-state index in [-0.39, 0.29) is 0 Å². The summed E-state index contributed by atoms with van der Waals surface area (Å²) in [6, 6.07) is 59.9. The molecule has 0 bridgehead atoms. The van der Waals surface area contributed by atoms with E-state index in [2.05, 4.69) is 174 Å². The number of hydrogen-bond donors (Lipinski definition) is 0. The average Bonchev–Trinajstić information content (AvgIpc) is 3.45. The van der Waals surface area contributed by atoms with Gasteiger partial charge in [-0.2, -0.15) is 0 Å². The molecule has 2 heteroatoms. The van der Waals surface area contributed by atoms with Crippen molar-refractivity contribution < 1.29 is 0 Å². The number of imidazole rings is 1. The first-order valence-corrected chi connectivity index (χ1v) is 14.4. The van der Waals surface area contributed by atoms with Gasteiger partial charge in [0.25, 0.3) is 0 Å². The molecule has 1 aromatic heterocycles. The van der Waals surface area contributed by atoms with Crippen LogP contribution in [0.15, 0.2) is 170 Å². The molecule has 6 aromatic carbocycles. The predicted molar refractivity (Wildman–Crippen MR) is 175 cm³/mol. The minimum atomic E-state index is 0.698. The van der Waals surface area contributed by atoms with E-state index in [4.69, 9.17) is 4.98 Å². The highest BCUT2D eigenvalue weighted by atomic mass is 15.1. The average molecular weight is 539 g/mol. The van der Waals surface area contributed by atoms with Crippen LogP contribution < -0.4 is 0 Å². The summed E-state index contributed by atoms with van der Waals surface area (Å²) in [5, 5.41) is 0. The lowest BCUT2D eigenvalue weighted by Crippen LogP contribution is -2.05. The van der Waals surface area contributed by atoms with E-state index < -0.39 is 0 Å². The second-order valence-electron chi connectivity index (χ2n) is 10.4. The molecule has 7 aromatic rings. The summed E-state index contributed by atoms with van der Waals surface area (Å²) >= 11 is 0. The van der Waals surface area contributed by atoms with Crippen molar-refractivity contribution >= 4 is 0 Å². The van der Waals surface area contributed by atoms with Crippen molar-refractivity contribution in [2.45, 2.75) is 6.54 Å². The third-order valence-electron chi connectivity index (χ3n) is 7.72. The van der Waals surface area contributed by atoms with Gasteiger partial charge >= 0.3 is 0 Å². The van der Waals surface area contributed by atoms with Crippen LogP contribution in [0, 0.1) is 0 Å². The van der Waals surface area contributed by atoms with E-state index in [1.54, 1.807) is 0 Å². The molecule has 0 unspecified atom stereocenters. The zero-order chi connectivity index (χ0) is 28.1. The summed E-state index contributed by atoms with van der Waals surface area (Å²) in [4.78, 5) is 5.51. The van der Waals surface area contributed by atoms with Gasteiger partial charge in [-0.1, -0.05) is 170 Å². The van der Waals surface area contributed by atoms with Crippen LogP contribution in [0.2, 0.25) is 0 Å². The Hall–Kier alpha value is -5.47. The minimum Gasteiger partial charge on any atom is -0.319 e. The molecular formula is C40H30N2. The molecule has 0 saturated heterocycles. The number of aromatic nitrogens is 2. The summed E-state index contributed by atoms with van der Waals surface area (Å²) in [5.41, 5.74) is 11.4. The lowest BCUT2D eigenvalue weighted by Gasteiger charge is -2.17. The monoisotopic (exact) mass is 538 g/mol. The van der Waals surface area contributed by atoms with Crippen molar-refractivity contribution in [3.8, 4) is 56.2 Å². The van der Waals surface area contributed by atoms with Crippen LogP contribution in [0.3, 0.4) is 0 Å². The van der Waals surface area contributed by atoms with Gasteiger partial charge in [-0.25, -0.2) is 4.98 Å². The Bertz CT molecular complexity index is 1920. The van der Waals surface area contributed by atoms with Crippen molar-refractivity contribution in [2.75, 3.05) is 0 Å². The molecule has 0 radical (unpaired) electrons. The van der Waals surface area contributed by atoms with Gasteiger partial charge in [-0.3, -0.25) is 0 Å². The number of hydrogen-bond acceptors (Lipinski definition) is 1. The third kappa shape index (κ3) is 4.95. The molecule has 0 atom stereocenters. The summed E-state index contributed by atoms with van der Waals surface area (Å²) in [6.45, 7) is 0.698. The molecule has 42 heavy (non-hydrogen) atoms. The lowest BCUT2D eigenvalue weighted by molar-refractivity contribution is 0.815. The molecule has 200 valence electrons. The van der Waals surface area contributed by atoms with Crippen molar-refractivity contribution in [2.24, 2.45) is 0 Å². The van der Waals surface area contributed by atoms with Gasteiger partial charge in [-0.15, -0.1) is 0 Å². The standard InChI is InChI=1S/C40H30N2/c1-5-17-30(18-6-1)29-42-39(37-28-16-14-26-35(37)32-21-9-3-10-22-32)38(41-40(42)33-23-11-4-12-24-33)36-27-15-13-25-34(36)31-19-7-2-8-20-31/h1-28H,29H2. The fourth-order valence-corrected chi connectivity index (χ4v) is 5.76. The molecule has 0 N–H and O–H groups in total.